The van der Waals surface area contributed by atoms with Gasteiger partial charge in [-0.1, -0.05) is 29.8 Å². The number of carbonyl (C=O) groups excluding carboxylic acids is 1. The molecule has 0 aliphatic carbocycles. The molecule has 2 aromatic heterocycles. The molecule has 0 saturated heterocycles. The second-order valence-electron chi connectivity index (χ2n) is 6.47. The molecule has 0 aliphatic heterocycles. The van der Waals surface area contributed by atoms with Gasteiger partial charge in [0.15, 0.2) is 0 Å². The molecule has 6 nitrogen and oxygen atoms in total. The molecule has 0 radical (unpaired) electrons. The van der Waals surface area contributed by atoms with E-state index < -0.39 is 0 Å². The molecule has 1 aromatic carbocycles. The molecule has 3 rings (SSSR count). The summed E-state index contributed by atoms with van der Waals surface area (Å²) in [5, 5.41) is 3.17. The monoisotopic (exact) mass is 361 g/mol. The van der Waals surface area contributed by atoms with E-state index in [-0.39, 0.29) is 5.91 Å². The lowest BCUT2D eigenvalue weighted by atomic mass is 10.1. The number of anilines is 1. The van der Waals surface area contributed by atoms with Gasteiger partial charge in [0.05, 0.1) is 5.56 Å². The number of amides is 1. The highest BCUT2D eigenvalue weighted by Gasteiger charge is 2.12. The first-order valence-corrected chi connectivity index (χ1v) is 8.87. The topological polar surface area (TPSA) is 71.0 Å². The van der Waals surface area contributed by atoms with E-state index in [0.717, 1.165) is 17.5 Å². The van der Waals surface area contributed by atoms with E-state index in [1.54, 1.807) is 36.7 Å². The largest absolute Gasteiger partial charge is 0.350 e. The summed E-state index contributed by atoms with van der Waals surface area (Å²) < 4.78 is 0. The van der Waals surface area contributed by atoms with E-state index >= 15 is 0 Å². The molecule has 0 fully saturated rings. The highest BCUT2D eigenvalue weighted by Crippen LogP contribution is 2.08. The fraction of sp³-hybridized carbons (Fsp3) is 0.238. The Bertz CT molecular complexity index is 863. The molecule has 1 amide bonds. The lowest BCUT2D eigenvalue weighted by Crippen LogP contribution is -2.29. The van der Waals surface area contributed by atoms with Crippen LogP contribution in [0.2, 0.25) is 0 Å². The number of aryl methyl sites for hydroxylation is 1. The zero-order chi connectivity index (χ0) is 19.1. The number of nitrogens with one attached hydrogen (secondary N) is 1. The third-order valence-electron chi connectivity index (χ3n) is 4.30. The first-order valence-electron chi connectivity index (χ1n) is 8.87. The molecule has 27 heavy (non-hydrogen) atoms. The molecular weight excluding hydrogens is 338 g/mol. The Morgan fingerprint density at radius 3 is 2.33 bits per heavy atom. The Morgan fingerprint density at radius 1 is 1.00 bits per heavy atom. The van der Waals surface area contributed by atoms with Crippen LogP contribution in [0.1, 0.15) is 27.0 Å². The number of pyridine rings is 1. The predicted molar refractivity (Wildman–Crippen MR) is 105 cm³/mol. The van der Waals surface area contributed by atoms with Gasteiger partial charge < -0.3 is 10.2 Å². The van der Waals surface area contributed by atoms with E-state index in [0.29, 0.717) is 24.6 Å². The number of benzene rings is 1. The Kier molecular flexibility index (Phi) is 6.10. The normalized spacial score (nSPS) is 10.4. The molecule has 0 aliphatic rings. The number of carbonyl (C=O) groups is 1. The van der Waals surface area contributed by atoms with Crippen molar-refractivity contribution in [3.63, 3.8) is 0 Å². The highest BCUT2D eigenvalue weighted by molar-refractivity contribution is 5.93. The number of likely N-dealkylation sites (N-methyl/N-ethyl adjacent to an activating group) is 1. The molecule has 0 saturated carbocycles. The fourth-order valence-corrected chi connectivity index (χ4v) is 2.59. The summed E-state index contributed by atoms with van der Waals surface area (Å²) in [4.78, 5) is 26.7. The van der Waals surface area contributed by atoms with Crippen LogP contribution in [-0.4, -0.2) is 39.4 Å². The summed E-state index contributed by atoms with van der Waals surface area (Å²) >= 11 is 0. The van der Waals surface area contributed by atoms with Gasteiger partial charge in [0.1, 0.15) is 0 Å². The second-order valence-corrected chi connectivity index (χ2v) is 6.47. The van der Waals surface area contributed by atoms with Crippen molar-refractivity contribution in [2.24, 2.45) is 0 Å². The second kappa shape index (κ2) is 8.89. The Morgan fingerprint density at radius 2 is 1.67 bits per heavy atom. The third-order valence-corrected chi connectivity index (χ3v) is 4.30. The van der Waals surface area contributed by atoms with Crippen LogP contribution in [0.25, 0.3) is 0 Å². The van der Waals surface area contributed by atoms with Gasteiger partial charge >= 0.3 is 0 Å². The SMILES string of the molecule is Cc1ccc(CNc2ncc(C(=O)N(C)CCc3ccncc3)cn2)cc1. The Balaban J connectivity index is 1.52. The van der Waals surface area contributed by atoms with E-state index in [2.05, 4.69) is 51.5 Å². The number of hydrogen-bond acceptors (Lipinski definition) is 5. The average molecular weight is 361 g/mol. The third kappa shape index (κ3) is 5.34. The average Bonchev–Trinajstić information content (AvgIpc) is 2.72. The van der Waals surface area contributed by atoms with Crippen LogP contribution in [0.15, 0.2) is 61.2 Å². The number of aromatic nitrogens is 3. The zero-order valence-corrected chi connectivity index (χ0v) is 15.6. The van der Waals surface area contributed by atoms with Crippen LogP contribution in [0.3, 0.4) is 0 Å². The van der Waals surface area contributed by atoms with E-state index in [9.17, 15) is 4.79 Å². The van der Waals surface area contributed by atoms with Gasteiger partial charge in [-0.15, -0.1) is 0 Å². The van der Waals surface area contributed by atoms with Gasteiger partial charge in [-0.05, 0) is 36.6 Å². The van der Waals surface area contributed by atoms with E-state index in [4.69, 9.17) is 0 Å². The van der Waals surface area contributed by atoms with Crippen LogP contribution in [-0.2, 0) is 13.0 Å². The molecule has 0 unspecified atom stereocenters. The van der Waals surface area contributed by atoms with Crippen molar-refractivity contribution < 1.29 is 4.79 Å². The summed E-state index contributed by atoms with van der Waals surface area (Å²) in [6.45, 7) is 3.32. The summed E-state index contributed by atoms with van der Waals surface area (Å²) in [6.07, 6.45) is 7.42. The number of rotatable bonds is 7. The van der Waals surface area contributed by atoms with E-state index in [1.807, 2.05) is 12.1 Å². The van der Waals surface area contributed by atoms with Crippen molar-refractivity contribution in [3.05, 3.63) is 83.4 Å². The predicted octanol–water partition coefficient (Wildman–Crippen LogP) is 3.11. The molecule has 6 heteroatoms. The summed E-state index contributed by atoms with van der Waals surface area (Å²) in [6, 6.07) is 12.2. The summed E-state index contributed by atoms with van der Waals surface area (Å²) in [5.74, 6) is 0.417. The fourth-order valence-electron chi connectivity index (χ4n) is 2.59. The first kappa shape index (κ1) is 18.5. The maximum Gasteiger partial charge on any atom is 0.256 e. The molecule has 3 aromatic rings. The van der Waals surface area contributed by atoms with Crippen LogP contribution in [0, 0.1) is 6.92 Å². The van der Waals surface area contributed by atoms with Crippen molar-refractivity contribution in [1.29, 1.82) is 0 Å². The lowest BCUT2D eigenvalue weighted by molar-refractivity contribution is 0.0796. The number of nitrogens with zero attached hydrogens (tertiary/aromatic N) is 4. The van der Waals surface area contributed by atoms with Gasteiger partial charge in [-0.25, -0.2) is 9.97 Å². The van der Waals surface area contributed by atoms with Crippen LogP contribution >= 0.6 is 0 Å². The van der Waals surface area contributed by atoms with Crippen molar-refractivity contribution >= 4 is 11.9 Å². The van der Waals surface area contributed by atoms with E-state index in [1.165, 1.54) is 5.56 Å². The van der Waals surface area contributed by atoms with Crippen molar-refractivity contribution in [2.75, 3.05) is 18.9 Å². The van der Waals surface area contributed by atoms with Gasteiger partial charge in [0.2, 0.25) is 5.95 Å². The molecule has 1 N–H and O–H groups in total. The van der Waals surface area contributed by atoms with Crippen molar-refractivity contribution in [2.45, 2.75) is 19.9 Å². The highest BCUT2D eigenvalue weighted by atomic mass is 16.2. The minimum Gasteiger partial charge on any atom is -0.350 e. The van der Waals surface area contributed by atoms with Gasteiger partial charge in [-0.3, -0.25) is 9.78 Å². The summed E-state index contributed by atoms with van der Waals surface area (Å²) in [5.41, 5.74) is 4.01. The van der Waals surface area contributed by atoms with Gasteiger partial charge in [0, 0.05) is 44.9 Å². The minimum atomic E-state index is -0.0888. The number of hydrogen-bond donors (Lipinski definition) is 1. The Labute approximate surface area is 159 Å². The Hall–Kier alpha value is -3.28. The molecule has 138 valence electrons. The van der Waals surface area contributed by atoms with Crippen molar-refractivity contribution in [1.82, 2.24) is 19.9 Å². The van der Waals surface area contributed by atoms with Gasteiger partial charge in [-0.2, -0.15) is 0 Å². The molecule has 0 atom stereocenters. The molecule has 0 bridgehead atoms. The molecular formula is C21H23N5O. The van der Waals surface area contributed by atoms with Crippen LogP contribution in [0.5, 0.6) is 0 Å². The quantitative estimate of drug-likeness (QED) is 0.700. The summed E-state index contributed by atoms with van der Waals surface area (Å²) in [7, 11) is 1.78. The zero-order valence-electron chi connectivity index (χ0n) is 15.6. The van der Waals surface area contributed by atoms with Crippen molar-refractivity contribution in [3.8, 4) is 0 Å². The van der Waals surface area contributed by atoms with Crippen LogP contribution in [0.4, 0.5) is 5.95 Å². The van der Waals surface area contributed by atoms with Crippen LogP contribution < -0.4 is 5.32 Å². The molecule has 2 heterocycles. The maximum atomic E-state index is 12.5. The maximum absolute atomic E-state index is 12.5. The van der Waals surface area contributed by atoms with Gasteiger partial charge in [0.25, 0.3) is 5.91 Å². The minimum absolute atomic E-state index is 0.0888. The smallest absolute Gasteiger partial charge is 0.256 e. The first-order chi connectivity index (χ1) is 13.1. The standard InChI is InChI=1S/C21H23N5O/c1-16-3-5-18(6-4-16)13-23-21-24-14-19(15-25-21)20(27)26(2)12-9-17-7-10-22-11-8-17/h3-8,10-11,14-15H,9,12-13H2,1-2H3,(H,23,24,25). The molecule has 0 spiro atoms. The lowest BCUT2D eigenvalue weighted by Gasteiger charge is -2.17.